The number of halogens is 1. The summed E-state index contributed by atoms with van der Waals surface area (Å²) in [6, 6.07) is 8.49. The highest BCUT2D eigenvalue weighted by atomic mass is 19.1. The summed E-state index contributed by atoms with van der Waals surface area (Å²) in [5.74, 6) is -0.372. The van der Waals surface area contributed by atoms with Gasteiger partial charge in [-0.3, -0.25) is 14.5 Å². The Morgan fingerprint density at radius 2 is 1.71 bits per heavy atom. The molecular formula is C27H36FN3O3. The average Bonchev–Trinajstić information content (AvgIpc) is 3.21. The van der Waals surface area contributed by atoms with E-state index in [-0.39, 0.29) is 29.1 Å². The number of aromatic nitrogens is 1. The Morgan fingerprint density at radius 1 is 1.03 bits per heavy atom. The molecule has 0 bridgehead atoms. The van der Waals surface area contributed by atoms with Gasteiger partial charge in [-0.05, 0) is 64.1 Å². The van der Waals surface area contributed by atoms with Crippen LogP contribution < -0.4 is 4.74 Å². The fraction of sp³-hybridized carbons (Fsp3) is 0.556. The first-order valence-electron chi connectivity index (χ1n) is 12.2. The van der Waals surface area contributed by atoms with Gasteiger partial charge in [-0.25, -0.2) is 4.39 Å². The minimum absolute atomic E-state index is 0.139. The lowest BCUT2D eigenvalue weighted by Crippen LogP contribution is -2.56. The van der Waals surface area contributed by atoms with Crippen LogP contribution in [0.4, 0.5) is 4.39 Å². The van der Waals surface area contributed by atoms with Crippen molar-refractivity contribution >= 4 is 11.7 Å². The predicted molar refractivity (Wildman–Crippen MR) is 130 cm³/mol. The molecule has 0 N–H and O–H groups in total. The molecule has 2 aliphatic heterocycles. The molecule has 0 saturated carbocycles. The van der Waals surface area contributed by atoms with Crippen LogP contribution in [0.5, 0.6) is 5.75 Å². The molecule has 2 aromatic rings. The number of carbonyl (C=O) groups excluding carboxylic acids is 2. The van der Waals surface area contributed by atoms with Gasteiger partial charge < -0.3 is 14.2 Å². The van der Waals surface area contributed by atoms with Crippen molar-refractivity contribution in [3.63, 3.8) is 0 Å². The number of benzene rings is 1. The molecule has 184 valence electrons. The Labute approximate surface area is 201 Å². The van der Waals surface area contributed by atoms with Gasteiger partial charge in [0, 0.05) is 42.9 Å². The monoisotopic (exact) mass is 469 g/mol. The number of ketones is 1. The molecule has 0 atom stereocenters. The minimum atomic E-state index is -0.520. The third-order valence-electron chi connectivity index (χ3n) is 7.18. The molecule has 1 aromatic heterocycles. The highest BCUT2D eigenvalue weighted by Gasteiger charge is 2.45. The normalized spacial score (nSPS) is 18.3. The van der Waals surface area contributed by atoms with Gasteiger partial charge in [-0.15, -0.1) is 0 Å². The Bertz CT molecular complexity index is 1090. The van der Waals surface area contributed by atoms with E-state index in [0.717, 1.165) is 37.3 Å². The van der Waals surface area contributed by atoms with Crippen LogP contribution in [0.25, 0.3) is 0 Å². The largest absolute Gasteiger partial charge is 0.488 e. The molecule has 1 amide bonds. The quantitative estimate of drug-likeness (QED) is 0.608. The zero-order valence-electron chi connectivity index (χ0n) is 21.2. The standard InChI is InChI=1S/C27H36FN3O3/c1-18(2)34-22-9-7-19(17-20(22)28)25(33)30-13-11-27(12-14-30)23-10-8-21(24(32)26(3,4)5)31(23)16-15-29(27)6/h7-10,17-18H,11-16H2,1-6H3. The third-order valence-corrected chi connectivity index (χ3v) is 7.18. The van der Waals surface area contributed by atoms with Gasteiger partial charge in [0.25, 0.3) is 5.91 Å². The zero-order valence-corrected chi connectivity index (χ0v) is 21.2. The van der Waals surface area contributed by atoms with Crippen LogP contribution in [0.2, 0.25) is 0 Å². The Kier molecular flexibility index (Phi) is 6.36. The fourth-order valence-corrected chi connectivity index (χ4v) is 5.24. The molecule has 0 aliphatic carbocycles. The molecule has 3 heterocycles. The number of fused-ring (bicyclic) bond motifs is 2. The maximum atomic E-state index is 14.5. The van der Waals surface area contributed by atoms with Crippen molar-refractivity contribution in [2.45, 2.75) is 65.6 Å². The molecular weight excluding hydrogens is 433 g/mol. The number of likely N-dealkylation sites (tertiary alicyclic amines) is 1. The lowest BCUT2D eigenvalue weighted by atomic mass is 9.81. The summed E-state index contributed by atoms with van der Waals surface area (Å²) in [5.41, 5.74) is 1.61. The van der Waals surface area contributed by atoms with E-state index in [1.807, 2.05) is 40.7 Å². The maximum absolute atomic E-state index is 14.5. The SMILES string of the molecule is CC(C)Oc1ccc(C(=O)N2CCC3(CC2)c2ccc(C(=O)C(C)(C)C)n2CCN3C)cc1F. The number of ether oxygens (including phenoxy) is 1. The molecule has 4 rings (SSSR count). The first-order valence-corrected chi connectivity index (χ1v) is 12.2. The second-order valence-electron chi connectivity index (χ2n) is 10.9. The van der Waals surface area contributed by atoms with Crippen molar-refractivity contribution in [1.82, 2.24) is 14.4 Å². The first kappa shape index (κ1) is 24.5. The molecule has 34 heavy (non-hydrogen) atoms. The van der Waals surface area contributed by atoms with Crippen LogP contribution in [0, 0.1) is 11.2 Å². The van der Waals surface area contributed by atoms with E-state index in [4.69, 9.17) is 4.74 Å². The number of rotatable bonds is 4. The number of Topliss-reactive ketones (excluding diaryl/α,β-unsaturated/α-hetero) is 1. The molecule has 0 unspecified atom stereocenters. The number of carbonyl (C=O) groups is 2. The second-order valence-corrected chi connectivity index (χ2v) is 10.9. The summed E-state index contributed by atoms with van der Waals surface area (Å²) in [7, 11) is 2.13. The van der Waals surface area contributed by atoms with Crippen LogP contribution in [0.3, 0.4) is 0 Å². The molecule has 1 spiro atoms. The first-order chi connectivity index (χ1) is 15.9. The van der Waals surface area contributed by atoms with Crippen molar-refractivity contribution in [3.05, 3.63) is 53.1 Å². The predicted octanol–water partition coefficient (Wildman–Crippen LogP) is 4.72. The molecule has 1 fully saturated rings. The summed E-state index contributed by atoms with van der Waals surface area (Å²) in [5, 5.41) is 0. The topological polar surface area (TPSA) is 54.8 Å². The van der Waals surface area contributed by atoms with E-state index in [1.54, 1.807) is 11.0 Å². The Hall–Kier alpha value is -2.67. The van der Waals surface area contributed by atoms with Crippen molar-refractivity contribution in [3.8, 4) is 5.75 Å². The van der Waals surface area contributed by atoms with E-state index in [2.05, 4.69) is 22.6 Å². The maximum Gasteiger partial charge on any atom is 0.253 e. The number of hydrogen-bond donors (Lipinski definition) is 0. The fourth-order valence-electron chi connectivity index (χ4n) is 5.24. The van der Waals surface area contributed by atoms with E-state index in [9.17, 15) is 14.0 Å². The molecule has 0 radical (unpaired) electrons. The van der Waals surface area contributed by atoms with Gasteiger partial charge in [-0.1, -0.05) is 20.8 Å². The van der Waals surface area contributed by atoms with Crippen LogP contribution in [-0.4, -0.2) is 58.8 Å². The molecule has 7 heteroatoms. The highest BCUT2D eigenvalue weighted by Crippen LogP contribution is 2.42. The van der Waals surface area contributed by atoms with Crippen molar-refractivity contribution < 1.29 is 18.7 Å². The average molecular weight is 470 g/mol. The van der Waals surface area contributed by atoms with Crippen molar-refractivity contribution in [2.75, 3.05) is 26.7 Å². The van der Waals surface area contributed by atoms with E-state index >= 15 is 0 Å². The molecule has 1 aromatic carbocycles. The Balaban J connectivity index is 1.53. The van der Waals surface area contributed by atoms with E-state index < -0.39 is 11.2 Å². The summed E-state index contributed by atoms with van der Waals surface area (Å²) in [6.07, 6.45) is 1.39. The van der Waals surface area contributed by atoms with Gasteiger partial charge in [0.2, 0.25) is 0 Å². The summed E-state index contributed by atoms with van der Waals surface area (Å²) in [4.78, 5) is 30.4. The molecule has 2 aliphatic rings. The van der Waals surface area contributed by atoms with Gasteiger partial charge in [0.1, 0.15) is 0 Å². The molecule has 1 saturated heterocycles. The number of likely N-dealkylation sites (N-methyl/N-ethyl adjacent to an activating group) is 1. The van der Waals surface area contributed by atoms with Crippen LogP contribution >= 0.6 is 0 Å². The number of amides is 1. The number of nitrogens with zero attached hydrogens (tertiary/aromatic N) is 3. The summed E-state index contributed by atoms with van der Waals surface area (Å²) < 4.78 is 22.1. The second kappa shape index (κ2) is 8.84. The lowest BCUT2D eigenvalue weighted by Gasteiger charge is -2.50. The van der Waals surface area contributed by atoms with Crippen LogP contribution in [0.1, 0.15) is 74.0 Å². The van der Waals surface area contributed by atoms with Crippen LogP contribution in [0.15, 0.2) is 30.3 Å². The highest BCUT2D eigenvalue weighted by molar-refractivity contribution is 5.98. The minimum Gasteiger partial charge on any atom is -0.488 e. The summed E-state index contributed by atoms with van der Waals surface area (Å²) >= 11 is 0. The molecule has 6 nitrogen and oxygen atoms in total. The van der Waals surface area contributed by atoms with Crippen molar-refractivity contribution in [1.29, 1.82) is 0 Å². The number of piperidine rings is 1. The number of hydrogen-bond acceptors (Lipinski definition) is 4. The van der Waals surface area contributed by atoms with Gasteiger partial charge in [0.15, 0.2) is 17.3 Å². The van der Waals surface area contributed by atoms with Gasteiger partial charge in [0.05, 0.1) is 17.3 Å². The van der Waals surface area contributed by atoms with Crippen molar-refractivity contribution in [2.24, 2.45) is 5.41 Å². The zero-order chi connectivity index (χ0) is 24.8. The summed E-state index contributed by atoms with van der Waals surface area (Å²) in [6.45, 7) is 12.3. The third kappa shape index (κ3) is 4.26. The Morgan fingerprint density at radius 3 is 2.29 bits per heavy atom. The van der Waals surface area contributed by atoms with E-state index in [0.29, 0.717) is 18.7 Å². The smallest absolute Gasteiger partial charge is 0.253 e. The van der Waals surface area contributed by atoms with E-state index in [1.165, 1.54) is 12.1 Å². The van der Waals surface area contributed by atoms with Gasteiger partial charge >= 0.3 is 0 Å². The van der Waals surface area contributed by atoms with Crippen LogP contribution in [-0.2, 0) is 12.1 Å². The van der Waals surface area contributed by atoms with Gasteiger partial charge in [-0.2, -0.15) is 0 Å². The lowest BCUT2D eigenvalue weighted by molar-refractivity contribution is 0.0126.